The second-order valence-corrected chi connectivity index (χ2v) is 5.05. The van der Waals surface area contributed by atoms with E-state index in [0.717, 1.165) is 43.1 Å². The fourth-order valence-corrected chi connectivity index (χ4v) is 1.93. The molecule has 0 aliphatic carbocycles. The first kappa shape index (κ1) is 15.8. The molecule has 1 rings (SSSR count). The number of ether oxygens (including phenoxy) is 2. The van der Waals surface area contributed by atoms with Gasteiger partial charge in [-0.1, -0.05) is 6.92 Å². The van der Waals surface area contributed by atoms with Crippen LogP contribution >= 0.6 is 0 Å². The molecule has 0 aliphatic heterocycles. The van der Waals surface area contributed by atoms with Crippen LogP contribution < -0.4 is 15.2 Å². The third kappa shape index (κ3) is 5.09. The lowest BCUT2D eigenvalue weighted by molar-refractivity contribution is 0.293. The van der Waals surface area contributed by atoms with Gasteiger partial charge in [0.15, 0.2) is 0 Å². The van der Waals surface area contributed by atoms with Crippen molar-refractivity contribution < 1.29 is 9.47 Å². The Labute approximate surface area is 116 Å². The zero-order valence-corrected chi connectivity index (χ0v) is 12.5. The maximum Gasteiger partial charge on any atom is 0.123 e. The topological polar surface area (TPSA) is 47.7 Å². The molecule has 4 nitrogen and oxygen atoms in total. The Morgan fingerprint density at radius 1 is 1.26 bits per heavy atom. The van der Waals surface area contributed by atoms with E-state index < -0.39 is 0 Å². The third-order valence-corrected chi connectivity index (χ3v) is 3.33. The summed E-state index contributed by atoms with van der Waals surface area (Å²) >= 11 is 0. The van der Waals surface area contributed by atoms with E-state index in [1.165, 1.54) is 0 Å². The van der Waals surface area contributed by atoms with E-state index in [1.807, 2.05) is 18.2 Å². The van der Waals surface area contributed by atoms with Crippen LogP contribution in [0.25, 0.3) is 0 Å². The lowest BCUT2D eigenvalue weighted by Gasteiger charge is -2.20. The minimum Gasteiger partial charge on any atom is -0.497 e. The maximum absolute atomic E-state index is 5.64. The third-order valence-electron chi connectivity index (χ3n) is 3.33. The molecule has 0 radical (unpaired) electrons. The first-order valence-corrected chi connectivity index (χ1v) is 6.70. The Morgan fingerprint density at radius 2 is 2.00 bits per heavy atom. The molecule has 1 aromatic rings. The minimum atomic E-state index is 0.564. The van der Waals surface area contributed by atoms with Gasteiger partial charge in [0.2, 0.25) is 0 Å². The predicted molar refractivity (Wildman–Crippen MR) is 78.7 cm³/mol. The molecule has 108 valence electrons. The second kappa shape index (κ2) is 8.02. The highest BCUT2D eigenvalue weighted by Crippen LogP contribution is 2.25. The predicted octanol–water partition coefficient (Wildman–Crippen LogP) is 2.12. The highest BCUT2D eigenvalue weighted by molar-refractivity contribution is 5.40. The van der Waals surface area contributed by atoms with Gasteiger partial charge in [-0.25, -0.2) is 0 Å². The van der Waals surface area contributed by atoms with Gasteiger partial charge in [0, 0.05) is 12.1 Å². The van der Waals surface area contributed by atoms with Gasteiger partial charge in [-0.15, -0.1) is 0 Å². The van der Waals surface area contributed by atoms with E-state index in [-0.39, 0.29) is 0 Å². The van der Waals surface area contributed by atoms with Crippen molar-refractivity contribution in [1.29, 1.82) is 0 Å². The van der Waals surface area contributed by atoms with E-state index in [0.29, 0.717) is 5.92 Å². The van der Waals surface area contributed by atoms with Gasteiger partial charge in [-0.05, 0) is 50.7 Å². The van der Waals surface area contributed by atoms with Crippen LogP contribution in [0, 0.1) is 5.92 Å². The smallest absolute Gasteiger partial charge is 0.123 e. The summed E-state index contributed by atoms with van der Waals surface area (Å²) in [5, 5.41) is 0. The van der Waals surface area contributed by atoms with Crippen molar-refractivity contribution in [1.82, 2.24) is 4.90 Å². The molecule has 0 aliphatic rings. The minimum absolute atomic E-state index is 0.564. The quantitative estimate of drug-likeness (QED) is 0.783. The largest absolute Gasteiger partial charge is 0.497 e. The summed E-state index contributed by atoms with van der Waals surface area (Å²) in [5.74, 6) is 2.33. The van der Waals surface area contributed by atoms with Crippen molar-refractivity contribution in [2.24, 2.45) is 11.7 Å². The molecule has 0 fully saturated rings. The number of nitrogens with zero attached hydrogens (tertiary/aromatic N) is 1. The van der Waals surface area contributed by atoms with Crippen LogP contribution in [-0.4, -0.2) is 39.3 Å². The summed E-state index contributed by atoms with van der Waals surface area (Å²) in [7, 11) is 5.49. The normalized spacial score (nSPS) is 12.5. The lowest BCUT2D eigenvalue weighted by atomic mass is 10.1. The average Bonchev–Trinajstić information content (AvgIpc) is 2.44. The molecule has 2 N–H and O–H groups in total. The Kier molecular flexibility index (Phi) is 6.67. The van der Waals surface area contributed by atoms with Gasteiger partial charge < -0.3 is 20.1 Å². The van der Waals surface area contributed by atoms with Crippen molar-refractivity contribution in [2.45, 2.75) is 19.9 Å². The highest BCUT2D eigenvalue weighted by atomic mass is 16.5. The van der Waals surface area contributed by atoms with Gasteiger partial charge in [0.05, 0.1) is 14.2 Å². The Bertz CT molecular complexity index is 382. The van der Waals surface area contributed by atoms with Crippen molar-refractivity contribution in [3.8, 4) is 11.5 Å². The van der Waals surface area contributed by atoms with Gasteiger partial charge in [0.1, 0.15) is 11.5 Å². The van der Waals surface area contributed by atoms with Crippen LogP contribution in [0.2, 0.25) is 0 Å². The summed E-state index contributed by atoms with van der Waals surface area (Å²) in [5.41, 5.74) is 6.78. The van der Waals surface area contributed by atoms with Crippen LogP contribution in [-0.2, 0) is 6.54 Å². The summed E-state index contributed by atoms with van der Waals surface area (Å²) in [6.45, 7) is 4.80. The molecule has 0 saturated heterocycles. The molecule has 0 heterocycles. The van der Waals surface area contributed by atoms with Gasteiger partial charge in [0.25, 0.3) is 0 Å². The van der Waals surface area contributed by atoms with Crippen molar-refractivity contribution in [2.75, 3.05) is 34.4 Å². The van der Waals surface area contributed by atoms with E-state index in [4.69, 9.17) is 15.2 Å². The highest BCUT2D eigenvalue weighted by Gasteiger charge is 2.09. The molecular formula is C15H26N2O2. The number of rotatable bonds is 8. The number of methoxy groups -OCH3 is 2. The standard InChI is InChI=1S/C15H26N2O2/c1-12(10-16)7-8-17(2)11-13-9-14(18-3)5-6-15(13)19-4/h5-6,9,12H,7-8,10-11,16H2,1-4H3. The van der Waals surface area contributed by atoms with Crippen molar-refractivity contribution in [3.63, 3.8) is 0 Å². The Morgan fingerprint density at radius 3 is 2.58 bits per heavy atom. The van der Waals surface area contributed by atoms with Gasteiger partial charge >= 0.3 is 0 Å². The summed E-state index contributed by atoms with van der Waals surface area (Å²) in [6.07, 6.45) is 1.11. The molecule has 1 unspecified atom stereocenters. The van der Waals surface area contributed by atoms with Crippen molar-refractivity contribution >= 4 is 0 Å². The molecule has 0 amide bonds. The summed E-state index contributed by atoms with van der Waals surface area (Å²) in [6, 6.07) is 5.89. The monoisotopic (exact) mass is 266 g/mol. The molecule has 0 bridgehead atoms. The number of benzene rings is 1. The van der Waals surface area contributed by atoms with E-state index >= 15 is 0 Å². The molecular weight excluding hydrogens is 240 g/mol. The fraction of sp³-hybridized carbons (Fsp3) is 0.600. The van der Waals surface area contributed by atoms with Crippen LogP contribution in [0.5, 0.6) is 11.5 Å². The number of hydrogen-bond acceptors (Lipinski definition) is 4. The first-order chi connectivity index (χ1) is 9.10. The molecule has 0 spiro atoms. The van der Waals surface area contributed by atoms with Crippen molar-refractivity contribution in [3.05, 3.63) is 23.8 Å². The molecule has 0 aromatic heterocycles. The fourth-order valence-electron chi connectivity index (χ4n) is 1.93. The van der Waals surface area contributed by atoms with E-state index in [1.54, 1.807) is 14.2 Å². The zero-order valence-electron chi connectivity index (χ0n) is 12.5. The summed E-state index contributed by atoms with van der Waals surface area (Å²) in [4.78, 5) is 2.28. The molecule has 4 heteroatoms. The molecule has 0 saturated carbocycles. The lowest BCUT2D eigenvalue weighted by Crippen LogP contribution is -2.23. The second-order valence-electron chi connectivity index (χ2n) is 5.05. The Balaban J connectivity index is 2.63. The molecule has 1 atom stereocenters. The maximum atomic E-state index is 5.64. The zero-order chi connectivity index (χ0) is 14.3. The van der Waals surface area contributed by atoms with Gasteiger partial charge in [-0.3, -0.25) is 0 Å². The number of nitrogens with two attached hydrogens (primary N) is 1. The van der Waals surface area contributed by atoms with Crippen LogP contribution in [0.3, 0.4) is 0 Å². The van der Waals surface area contributed by atoms with Crippen LogP contribution in [0.1, 0.15) is 18.9 Å². The summed E-state index contributed by atoms with van der Waals surface area (Å²) < 4.78 is 10.7. The molecule has 19 heavy (non-hydrogen) atoms. The van der Waals surface area contributed by atoms with E-state index in [2.05, 4.69) is 18.9 Å². The number of hydrogen-bond donors (Lipinski definition) is 1. The Hall–Kier alpha value is -1.26. The SMILES string of the molecule is COc1ccc(OC)c(CN(C)CCC(C)CN)c1. The first-order valence-electron chi connectivity index (χ1n) is 6.70. The van der Waals surface area contributed by atoms with Gasteiger partial charge in [-0.2, -0.15) is 0 Å². The van der Waals surface area contributed by atoms with Crippen LogP contribution in [0.4, 0.5) is 0 Å². The molecule has 1 aromatic carbocycles. The average molecular weight is 266 g/mol. The van der Waals surface area contributed by atoms with Crippen LogP contribution in [0.15, 0.2) is 18.2 Å². The van der Waals surface area contributed by atoms with E-state index in [9.17, 15) is 0 Å².